The first-order chi connectivity index (χ1) is 5.79. The van der Waals surface area contributed by atoms with Gasteiger partial charge in [-0.2, -0.15) is 5.10 Å². The average molecular weight is 163 g/mol. The van der Waals surface area contributed by atoms with Gasteiger partial charge in [0.05, 0.1) is 0 Å². The average Bonchev–Trinajstić information content (AvgIpc) is 2.87. The molecule has 0 saturated heterocycles. The summed E-state index contributed by atoms with van der Waals surface area (Å²) in [7, 11) is 0. The fourth-order valence-electron chi connectivity index (χ4n) is 1.26. The lowest BCUT2D eigenvalue weighted by Crippen LogP contribution is -2.16. The maximum Gasteiger partial charge on any atom is 0.269 e. The number of nitrogens with two attached hydrogens (primary N) is 1. The van der Waals surface area contributed by atoms with E-state index in [9.17, 15) is 4.79 Å². The fourth-order valence-corrected chi connectivity index (χ4v) is 1.26. The first-order valence-corrected chi connectivity index (χ1v) is 3.90. The first kappa shape index (κ1) is 7.21. The summed E-state index contributed by atoms with van der Waals surface area (Å²) in [6.45, 7) is 0. The van der Waals surface area contributed by atoms with Gasteiger partial charge in [0.1, 0.15) is 0 Å². The van der Waals surface area contributed by atoms with Gasteiger partial charge >= 0.3 is 0 Å². The minimum absolute atomic E-state index is 0.333. The second-order valence-electron chi connectivity index (χ2n) is 2.97. The highest BCUT2D eigenvalue weighted by atomic mass is 16.1. The Hall–Kier alpha value is -1.45. The Kier molecular flexibility index (Phi) is 1.53. The summed E-state index contributed by atoms with van der Waals surface area (Å²) >= 11 is 0. The van der Waals surface area contributed by atoms with Crippen LogP contribution in [0.5, 0.6) is 0 Å². The molecule has 62 valence electrons. The lowest BCUT2D eigenvalue weighted by Gasteiger charge is -2.00. The zero-order valence-electron chi connectivity index (χ0n) is 6.53. The molecule has 1 fully saturated rings. The van der Waals surface area contributed by atoms with E-state index in [-0.39, 0.29) is 0 Å². The van der Waals surface area contributed by atoms with Crippen LogP contribution < -0.4 is 5.73 Å². The van der Waals surface area contributed by atoms with Gasteiger partial charge in [0.15, 0.2) is 5.69 Å². The van der Waals surface area contributed by atoms with Crippen LogP contribution in [0.4, 0.5) is 0 Å². The van der Waals surface area contributed by atoms with E-state index in [4.69, 9.17) is 5.73 Å². The topological polar surface area (TPSA) is 68.9 Å². The summed E-state index contributed by atoms with van der Waals surface area (Å²) in [6, 6.07) is 1.82. The summed E-state index contributed by atoms with van der Waals surface area (Å²) in [4.78, 5) is 10.9. The number of amides is 1. The highest BCUT2D eigenvalue weighted by molar-refractivity contribution is 5.92. The van der Waals surface area contributed by atoms with E-state index in [2.05, 4.69) is 10.2 Å². The molecule has 1 aliphatic carbocycles. The van der Waals surface area contributed by atoms with Gasteiger partial charge in [-0.1, -0.05) is 0 Å². The van der Waals surface area contributed by atoms with Gasteiger partial charge in [0, 0.05) is 6.20 Å². The largest absolute Gasteiger partial charge is 0.364 e. The van der Waals surface area contributed by atoms with Gasteiger partial charge in [0.2, 0.25) is 0 Å². The van der Waals surface area contributed by atoms with Crippen LogP contribution in [0.25, 0.3) is 0 Å². The van der Waals surface area contributed by atoms with Crippen molar-refractivity contribution < 1.29 is 4.79 Å². The molecule has 1 aromatic rings. The molecule has 0 bridgehead atoms. The summed E-state index contributed by atoms with van der Waals surface area (Å²) in [5, 5.41) is 7.34. The van der Waals surface area contributed by atoms with E-state index >= 15 is 0 Å². The van der Waals surface area contributed by atoms with E-state index < -0.39 is 5.91 Å². The van der Waals surface area contributed by atoms with Gasteiger partial charge < -0.3 is 5.73 Å². The smallest absolute Gasteiger partial charge is 0.269 e. The molecular formula is C8H9N3O. The molecule has 1 aliphatic rings. The van der Waals surface area contributed by atoms with Crippen molar-refractivity contribution in [1.82, 2.24) is 10.2 Å². The Morgan fingerprint density at radius 2 is 2.33 bits per heavy atom. The number of primary amides is 1. The number of hydrogen-bond donors (Lipinski definition) is 1. The maximum absolute atomic E-state index is 10.9. The molecule has 0 atom stereocenters. The summed E-state index contributed by atoms with van der Waals surface area (Å²) in [5.41, 5.74) is 6.43. The SMILES string of the molecule is NC(=O)c1nnccc1C1CC1. The van der Waals surface area contributed by atoms with Crippen molar-refractivity contribution in [1.29, 1.82) is 0 Å². The third-order valence-corrected chi connectivity index (χ3v) is 2.00. The van der Waals surface area contributed by atoms with Crippen LogP contribution in [0, 0.1) is 0 Å². The molecule has 12 heavy (non-hydrogen) atoms. The van der Waals surface area contributed by atoms with Crippen molar-refractivity contribution in [3.05, 3.63) is 23.5 Å². The zero-order chi connectivity index (χ0) is 8.55. The van der Waals surface area contributed by atoms with Gasteiger partial charge in [0.25, 0.3) is 5.91 Å². The van der Waals surface area contributed by atoms with Gasteiger partial charge in [-0.05, 0) is 30.4 Å². The highest BCUT2D eigenvalue weighted by Crippen LogP contribution is 2.40. The van der Waals surface area contributed by atoms with E-state index in [0.29, 0.717) is 11.6 Å². The minimum atomic E-state index is -0.481. The second kappa shape index (κ2) is 2.55. The standard InChI is InChI=1S/C8H9N3O/c9-8(12)7-6(5-1-2-5)3-4-10-11-7/h3-5H,1-2H2,(H2,9,12). The predicted octanol–water partition coefficient (Wildman–Crippen LogP) is 0.453. The van der Waals surface area contributed by atoms with E-state index in [0.717, 1.165) is 18.4 Å². The quantitative estimate of drug-likeness (QED) is 0.688. The number of hydrogen-bond acceptors (Lipinski definition) is 3. The van der Waals surface area contributed by atoms with E-state index in [1.54, 1.807) is 6.20 Å². The number of aromatic nitrogens is 2. The molecule has 0 radical (unpaired) electrons. The molecule has 2 rings (SSSR count). The van der Waals surface area contributed by atoms with Crippen molar-refractivity contribution in [3.8, 4) is 0 Å². The maximum atomic E-state index is 10.9. The van der Waals surface area contributed by atoms with E-state index in [1.165, 1.54) is 0 Å². The van der Waals surface area contributed by atoms with Crippen LogP contribution in [0.2, 0.25) is 0 Å². The number of rotatable bonds is 2. The van der Waals surface area contributed by atoms with Crippen LogP contribution >= 0.6 is 0 Å². The Balaban J connectivity index is 2.43. The first-order valence-electron chi connectivity index (χ1n) is 3.90. The van der Waals surface area contributed by atoms with Crippen LogP contribution in [-0.2, 0) is 0 Å². The highest BCUT2D eigenvalue weighted by Gasteiger charge is 2.28. The predicted molar refractivity (Wildman–Crippen MR) is 42.5 cm³/mol. The summed E-state index contributed by atoms with van der Waals surface area (Å²) < 4.78 is 0. The normalized spacial score (nSPS) is 16.0. The summed E-state index contributed by atoms with van der Waals surface area (Å²) in [6.07, 6.45) is 3.86. The zero-order valence-corrected chi connectivity index (χ0v) is 6.53. The lowest BCUT2D eigenvalue weighted by molar-refractivity contribution is 0.0993. The molecule has 0 spiro atoms. The molecule has 2 N–H and O–H groups in total. The van der Waals surface area contributed by atoms with Gasteiger partial charge in [-0.3, -0.25) is 4.79 Å². The Labute approximate surface area is 69.8 Å². The third-order valence-electron chi connectivity index (χ3n) is 2.00. The molecule has 0 aliphatic heterocycles. The molecule has 1 aromatic heterocycles. The minimum Gasteiger partial charge on any atom is -0.364 e. The van der Waals surface area contributed by atoms with Crippen molar-refractivity contribution >= 4 is 5.91 Å². The Bertz CT molecular complexity index is 320. The molecule has 1 saturated carbocycles. The van der Waals surface area contributed by atoms with E-state index in [1.807, 2.05) is 6.07 Å². The molecule has 0 aromatic carbocycles. The molecule has 4 nitrogen and oxygen atoms in total. The Morgan fingerprint density at radius 3 is 2.92 bits per heavy atom. The molecular weight excluding hydrogens is 154 g/mol. The number of carbonyl (C=O) groups is 1. The van der Waals surface area contributed by atoms with Crippen molar-refractivity contribution in [3.63, 3.8) is 0 Å². The third kappa shape index (κ3) is 1.15. The molecule has 1 amide bonds. The van der Waals surface area contributed by atoms with Crippen molar-refractivity contribution in [2.24, 2.45) is 5.73 Å². The molecule has 4 heteroatoms. The molecule has 1 heterocycles. The number of nitrogens with zero attached hydrogens (tertiary/aromatic N) is 2. The van der Waals surface area contributed by atoms with Gasteiger partial charge in [-0.25, -0.2) is 0 Å². The Morgan fingerprint density at radius 1 is 1.58 bits per heavy atom. The second-order valence-corrected chi connectivity index (χ2v) is 2.97. The van der Waals surface area contributed by atoms with Crippen LogP contribution in [0.1, 0.15) is 34.8 Å². The summed E-state index contributed by atoms with van der Waals surface area (Å²) in [5.74, 6) is 0.00741. The van der Waals surface area contributed by atoms with Crippen LogP contribution in [0.15, 0.2) is 12.3 Å². The van der Waals surface area contributed by atoms with Crippen molar-refractivity contribution in [2.75, 3.05) is 0 Å². The van der Waals surface area contributed by atoms with Gasteiger partial charge in [-0.15, -0.1) is 5.10 Å². The van der Waals surface area contributed by atoms with Crippen LogP contribution in [0.3, 0.4) is 0 Å². The lowest BCUT2D eigenvalue weighted by atomic mass is 10.1. The number of carbonyl (C=O) groups excluding carboxylic acids is 1. The molecule has 0 unspecified atom stereocenters. The fraction of sp³-hybridized carbons (Fsp3) is 0.375. The van der Waals surface area contributed by atoms with Crippen molar-refractivity contribution in [2.45, 2.75) is 18.8 Å². The van der Waals surface area contributed by atoms with Crippen LogP contribution in [-0.4, -0.2) is 16.1 Å². The monoisotopic (exact) mass is 163 g/mol.